The number of amides is 1. The number of nitrogens with one attached hydrogen (secondary N) is 1. The molecule has 27 heavy (non-hydrogen) atoms. The Labute approximate surface area is 163 Å². The van der Waals surface area contributed by atoms with Crippen LogP contribution in [0.25, 0.3) is 0 Å². The summed E-state index contributed by atoms with van der Waals surface area (Å²) in [5.74, 6) is 1.87. The van der Waals surface area contributed by atoms with Crippen molar-refractivity contribution in [3.8, 4) is 11.5 Å². The number of carbonyl (C=O) groups is 1. The van der Waals surface area contributed by atoms with Crippen molar-refractivity contribution in [2.75, 3.05) is 18.2 Å². The fourth-order valence-electron chi connectivity index (χ4n) is 2.39. The number of hydrogen-bond donors (Lipinski definition) is 1. The molecule has 0 aromatic heterocycles. The average molecular weight is 379 g/mol. The Morgan fingerprint density at radius 1 is 0.889 bits per heavy atom. The minimum Gasteiger partial charge on any atom is -0.497 e. The SMILES string of the molecule is COc1ccc(SCC(=O)Nc2ccc(OCc3ccccc3)cc2)cc1. The van der Waals surface area contributed by atoms with Gasteiger partial charge in [0.15, 0.2) is 0 Å². The molecule has 0 fully saturated rings. The van der Waals surface area contributed by atoms with E-state index in [2.05, 4.69) is 5.32 Å². The second-order valence-electron chi connectivity index (χ2n) is 5.81. The standard InChI is InChI=1S/C22H21NO3S/c1-25-19-11-13-21(14-12-19)27-16-22(24)23-18-7-9-20(10-8-18)26-15-17-5-3-2-4-6-17/h2-14H,15-16H2,1H3,(H,23,24). The van der Waals surface area contributed by atoms with Gasteiger partial charge in [0.1, 0.15) is 18.1 Å². The van der Waals surface area contributed by atoms with Gasteiger partial charge in [-0.05, 0) is 54.1 Å². The van der Waals surface area contributed by atoms with Crippen LogP contribution >= 0.6 is 11.8 Å². The van der Waals surface area contributed by atoms with E-state index in [1.165, 1.54) is 11.8 Å². The number of rotatable bonds is 8. The Hall–Kier alpha value is -2.92. The van der Waals surface area contributed by atoms with Crippen LogP contribution in [0.15, 0.2) is 83.8 Å². The molecular weight excluding hydrogens is 358 g/mol. The van der Waals surface area contributed by atoms with Gasteiger partial charge in [-0.15, -0.1) is 11.8 Å². The maximum absolute atomic E-state index is 12.1. The normalized spacial score (nSPS) is 10.3. The Kier molecular flexibility index (Phi) is 6.77. The van der Waals surface area contributed by atoms with Gasteiger partial charge in [-0.3, -0.25) is 4.79 Å². The van der Waals surface area contributed by atoms with Crippen LogP contribution in [0.5, 0.6) is 11.5 Å². The van der Waals surface area contributed by atoms with Crippen LogP contribution in [0, 0.1) is 0 Å². The van der Waals surface area contributed by atoms with E-state index in [-0.39, 0.29) is 5.91 Å². The van der Waals surface area contributed by atoms with Gasteiger partial charge in [0.25, 0.3) is 0 Å². The Morgan fingerprint density at radius 2 is 1.56 bits per heavy atom. The highest BCUT2D eigenvalue weighted by molar-refractivity contribution is 8.00. The van der Waals surface area contributed by atoms with Crippen LogP contribution in [0.3, 0.4) is 0 Å². The summed E-state index contributed by atoms with van der Waals surface area (Å²) in [4.78, 5) is 13.1. The molecule has 3 aromatic carbocycles. The molecule has 3 rings (SSSR count). The van der Waals surface area contributed by atoms with Crippen LogP contribution in [0.4, 0.5) is 5.69 Å². The fraction of sp³-hybridized carbons (Fsp3) is 0.136. The van der Waals surface area contributed by atoms with Crippen molar-refractivity contribution in [2.45, 2.75) is 11.5 Å². The van der Waals surface area contributed by atoms with Crippen molar-refractivity contribution < 1.29 is 14.3 Å². The predicted octanol–water partition coefficient (Wildman–Crippen LogP) is 5.01. The van der Waals surface area contributed by atoms with Gasteiger partial charge >= 0.3 is 0 Å². The highest BCUT2D eigenvalue weighted by Gasteiger charge is 2.05. The summed E-state index contributed by atoms with van der Waals surface area (Å²) in [6, 6.07) is 25.0. The van der Waals surface area contributed by atoms with Gasteiger partial charge in [0.05, 0.1) is 12.9 Å². The van der Waals surface area contributed by atoms with Gasteiger partial charge in [0.2, 0.25) is 5.91 Å². The number of thioether (sulfide) groups is 1. The summed E-state index contributed by atoms with van der Waals surface area (Å²) in [5, 5.41) is 2.90. The number of methoxy groups -OCH3 is 1. The predicted molar refractivity (Wildman–Crippen MR) is 110 cm³/mol. The Morgan fingerprint density at radius 3 is 2.22 bits per heavy atom. The second kappa shape index (κ2) is 9.69. The average Bonchev–Trinajstić information content (AvgIpc) is 2.73. The smallest absolute Gasteiger partial charge is 0.234 e. The second-order valence-corrected chi connectivity index (χ2v) is 6.86. The van der Waals surface area contributed by atoms with Crippen LogP contribution in [0.1, 0.15) is 5.56 Å². The van der Waals surface area contributed by atoms with E-state index >= 15 is 0 Å². The lowest BCUT2D eigenvalue weighted by Crippen LogP contribution is -2.13. The molecule has 3 aromatic rings. The van der Waals surface area contributed by atoms with Gasteiger partial charge in [-0.1, -0.05) is 30.3 Å². The quantitative estimate of drug-likeness (QED) is 0.559. The molecule has 4 nitrogen and oxygen atoms in total. The number of benzene rings is 3. The third-order valence-electron chi connectivity index (χ3n) is 3.82. The summed E-state index contributed by atoms with van der Waals surface area (Å²) < 4.78 is 10.9. The van der Waals surface area contributed by atoms with Crippen molar-refractivity contribution in [1.29, 1.82) is 0 Å². The molecule has 1 N–H and O–H groups in total. The summed E-state index contributed by atoms with van der Waals surface area (Å²) >= 11 is 1.48. The highest BCUT2D eigenvalue weighted by Crippen LogP contribution is 2.22. The van der Waals surface area contributed by atoms with Crippen LogP contribution < -0.4 is 14.8 Å². The third-order valence-corrected chi connectivity index (χ3v) is 4.83. The van der Waals surface area contributed by atoms with E-state index in [0.29, 0.717) is 12.4 Å². The molecule has 5 heteroatoms. The monoisotopic (exact) mass is 379 g/mol. The summed E-state index contributed by atoms with van der Waals surface area (Å²) in [6.07, 6.45) is 0. The summed E-state index contributed by atoms with van der Waals surface area (Å²) in [6.45, 7) is 0.519. The number of ether oxygens (including phenoxy) is 2. The molecule has 0 aliphatic rings. The minimum atomic E-state index is -0.0474. The van der Waals surface area contributed by atoms with Gasteiger partial charge in [-0.2, -0.15) is 0 Å². The van der Waals surface area contributed by atoms with Crippen LogP contribution in [0.2, 0.25) is 0 Å². The van der Waals surface area contributed by atoms with Gasteiger partial charge < -0.3 is 14.8 Å². The zero-order valence-corrected chi connectivity index (χ0v) is 15.9. The number of hydrogen-bond acceptors (Lipinski definition) is 4. The first-order valence-electron chi connectivity index (χ1n) is 8.56. The maximum atomic E-state index is 12.1. The lowest BCUT2D eigenvalue weighted by molar-refractivity contribution is -0.113. The largest absolute Gasteiger partial charge is 0.497 e. The van der Waals surface area contributed by atoms with E-state index in [4.69, 9.17) is 9.47 Å². The molecule has 0 saturated heterocycles. The van der Waals surface area contributed by atoms with E-state index in [9.17, 15) is 4.79 Å². The molecular formula is C22H21NO3S. The van der Waals surface area contributed by atoms with E-state index in [1.54, 1.807) is 7.11 Å². The maximum Gasteiger partial charge on any atom is 0.234 e. The first-order chi connectivity index (χ1) is 13.2. The zero-order chi connectivity index (χ0) is 18.9. The van der Waals surface area contributed by atoms with Crippen LogP contribution in [-0.4, -0.2) is 18.8 Å². The van der Waals surface area contributed by atoms with E-state index in [0.717, 1.165) is 27.6 Å². The zero-order valence-electron chi connectivity index (χ0n) is 15.1. The molecule has 0 bridgehead atoms. The van der Waals surface area contributed by atoms with E-state index < -0.39 is 0 Å². The van der Waals surface area contributed by atoms with E-state index in [1.807, 2.05) is 78.9 Å². The molecule has 0 spiro atoms. The molecule has 0 unspecified atom stereocenters. The molecule has 0 aliphatic carbocycles. The molecule has 0 radical (unpaired) electrons. The Bertz CT molecular complexity index is 849. The lowest BCUT2D eigenvalue weighted by atomic mass is 10.2. The lowest BCUT2D eigenvalue weighted by Gasteiger charge is -2.09. The van der Waals surface area contributed by atoms with Gasteiger partial charge in [0, 0.05) is 10.6 Å². The number of carbonyl (C=O) groups excluding carboxylic acids is 1. The summed E-state index contributed by atoms with van der Waals surface area (Å²) in [5.41, 5.74) is 1.87. The van der Waals surface area contributed by atoms with Crippen molar-refractivity contribution in [3.05, 3.63) is 84.4 Å². The molecule has 0 saturated carbocycles. The molecule has 138 valence electrons. The van der Waals surface area contributed by atoms with Crippen molar-refractivity contribution in [3.63, 3.8) is 0 Å². The van der Waals surface area contributed by atoms with Crippen molar-refractivity contribution >= 4 is 23.4 Å². The topological polar surface area (TPSA) is 47.6 Å². The Balaban J connectivity index is 1.45. The molecule has 0 aliphatic heterocycles. The molecule has 1 amide bonds. The first-order valence-corrected chi connectivity index (χ1v) is 9.55. The van der Waals surface area contributed by atoms with Gasteiger partial charge in [-0.25, -0.2) is 0 Å². The molecule has 0 heterocycles. The first kappa shape index (κ1) is 18.9. The number of anilines is 1. The van der Waals surface area contributed by atoms with Crippen LogP contribution in [-0.2, 0) is 11.4 Å². The highest BCUT2D eigenvalue weighted by atomic mass is 32.2. The fourth-order valence-corrected chi connectivity index (χ4v) is 3.09. The third kappa shape index (κ3) is 6.08. The van der Waals surface area contributed by atoms with Crippen molar-refractivity contribution in [1.82, 2.24) is 0 Å². The van der Waals surface area contributed by atoms with Crippen molar-refractivity contribution in [2.24, 2.45) is 0 Å². The minimum absolute atomic E-state index is 0.0474. The summed E-state index contributed by atoms with van der Waals surface area (Å²) in [7, 11) is 1.63. The molecule has 0 atom stereocenters.